The Labute approximate surface area is 124 Å². The Kier molecular flexibility index (Phi) is 3.70. The number of hydrogen-bond donors (Lipinski definition) is 1. The highest BCUT2D eigenvalue weighted by Gasteiger charge is 2.11. The van der Waals surface area contributed by atoms with Crippen LogP contribution in [0.2, 0.25) is 0 Å². The molecule has 0 saturated carbocycles. The van der Waals surface area contributed by atoms with Gasteiger partial charge in [0.05, 0.1) is 5.69 Å². The standard InChI is InChI=1S/C15H11FN4S/c16-11-6-8-12(9-7-11)19-20-14-13(18-15(17)21-14)10-4-2-1-3-5-10/h1-9H,(H2,17,18). The molecule has 1 aromatic heterocycles. The third-order valence-corrected chi connectivity index (χ3v) is 3.52. The summed E-state index contributed by atoms with van der Waals surface area (Å²) in [5.74, 6) is -0.305. The van der Waals surface area contributed by atoms with Gasteiger partial charge in [-0.1, -0.05) is 41.7 Å². The maximum absolute atomic E-state index is 12.8. The molecule has 1 heterocycles. The van der Waals surface area contributed by atoms with Gasteiger partial charge in [-0.2, -0.15) is 0 Å². The smallest absolute Gasteiger partial charge is 0.182 e. The van der Waals surface area contributed by atoms with Crippen LogP contribution in [0.4, 0.5) is 20.2 Å². The highest BCUT2D eigenvalue weighted by molar-refractivity contribution is 7.19. The maximum atomic E-state index is 12.8. The molecule has 0 unspecified atom stereocenters. The first-order valence-corrected chi connectivity index (χ1v) is 7.03. The van der Waals surface area contributed by atoms with E-state index < -0.39 is 0 Å². The second-order valence-electron chi connectivity index (χ2n) is 4.25. The first-order chi connectivity index (χ1) is 10.2. The molecule has 0 aliphatic carbocycles. The van der Waals surface area contributed by atoms with E-state index in [9.17, 15) is 4.39 Å². The lowest BCUT2D eigenvalue weighted by molar-refractivity contribution is 0.628. The Bertz CT molecular complexity index is 766. The first-order valence-electron chi connectivity index (χ1n) is 6.21. The molecule has 0 fully saturated rings. The summed E-state index contributed by atoms with van der Waals surface area (Å²) in [6.45, 7) is 0. The number of thiazole rings is 1. The van der Waals surface area contributed by atoms with Crippen molar-refractivity contribution in [3.05, 3.63) is 60.4 Å². The number of anilines is 1. The average molecular weight is 298 g/mol. The van der Waals surface area contributed by atoms with Crippen molar-refractivity contribution in [3.63, 3.8) is 0 Å². The van der Waals surface area contributed by atoms with Gasteiger partial charge in [-0.15, -0.1) is 10.2 Å². The van der Waals surface area contributed by atoms with Crippen molar-refractivity contribution in [2.45, 2.75) is 0 Å². The minimum atomic E-state index is -0.305. The first kappa shape index (κ1) is 13.4. The van der Waals surface area contributed by atoms with E-state index in [1.165, 1.54) is 23.5 Å². The van der Waals surface area contributed by atoms with E-state index in [2.05, 4.69) is 15.2 Å². The zero-order valence-electron chi connectivity index (χ0n) is 10.9. The minimum absolute atomic E-state index is 0.305. The van der Waals surface area contributed by atoms with E-state index in [4.69, 9.17) is 5.73 Å². The van der Waals surface area contributed by atoms with E-state index in [0.717, 1.165) is 5.56 Å². The molecule has 0 amide bonds. The van der Waals surface area contributed by atoms with Crippen LogP contribution in [-0.2, 0) is 0 Å². The van der Waals surface area contributed by atoms with E-state index >= 15 is 0 Å². The number of nitrogens with two attached hydrogens (primary N) is 1. The summed E-state index contributed by atoms with van der Waals surface area (Å²) in [7, 11) is 0. The van der Waals surface area contributed by atoms with Gasteiger partial charge in [-0.05, 0) is 24.3 Å². The Morgan fingerprint density at radius 3 is 2.38 bits per heavy atom. The maximum Gasteiger partial charge on any atom is 0.182 e. The number of rotatable bonds is 3. The molecule has 2 aromatic carbocycles. The lowest BCUT2D eigenvalue weighted by Gasteiger charge is -1.97. The van der Waals surface area contributed by atoms with E-state index in [1.54, 1.807) is 12.1 Å². The van der Waals surface area contributed by atoms with Gasteiger partial charge >= 0.3 is 0 Å². The number of halogens is 1. The van der Waals surface area contributed by atoms with Gasteiger partial charge in [0.25, 0.3) is 0 Å². The molecular weight excluding hydrogens is 287 g/mol. The Balaban J connectivity index is 1.94. The number of nitrogen functional groups attached to an aromatic ring is 1. The molecule has 104 valence electrons. The molecule has 0 saturated heterocycles. The van der Waals surface area contributed by atoms with Crippen LogP contribution in [0.3, 0.4) is 0 Å². The van der Waals surface area contributed by atoms with Crippen molar-refractivity contribution >= 4 is 27.2 Å². The molecule has 0 bridgehead atoms. The molecular formula is C15H11FN4S. The van der Waals surface area contributed by atoms with Gasteiger partial charge in [0.1, 0.15) is 11.5 Å². The predicted molar refractivity (Wildman–Crippen MR) is 82.5 cm³/mol. The van der Waals surface area contributed by atoms with E-state index in [0.29, 0.717) is 21.5 Å². The number of benzene rings is 2. The Hall–Kier alpha value is -2.60. The predicted octanol–water partition coefficient (Wildman–Crippen LogP) is 4.95. The number of azo groups is 1. The fourth-order valence-electron chi connectivity index (χ4n) is 1.79. The molecule has 2 N–H and O–H groups in total. The fourth-order valence-corrected chi connectivity index (χ4v) is 2.47. The monoisotopic (exact) mass is 298 g/mol. The van der Waals surface area contributed by atoms with Crippen molar-refractivity contribution in [1.29, 1.82) is 0 Å². The van der Waals surface area contributed by atoms with Crippen LogP contribution in [-0.4, -0.2) is 4.98 Å². The second kappa shape index (κ2) is 5.80. The summed E-state index contributed by atoms with van der Waals surface area (Å²) < 4.78 is 12.8. The Morgan fingerprint density at radius 2 is 1.67 bits per heavy atom. The topological polar surface area (TPSA) is 63.6 Å². The third kappa shape index (κ3) is 3.11. The molecule has 21 heavy (non-hydrogen) atoms. The minimum Gasteiger partial charge on any atom is -0.375 e. The normalized spacial score (nSPS) is 11.1. The van der Waals surface area contributed by atoms with Crippen LogP contribution >= 0.6 is 11.3 Å². The van der Waals surface area contributed by atoms with Gasteiger partial charge in [0.2, 0.25) is 0 Å². The summed E-state index contributed by atoms with van der Waals surface area (Å²) in [5, 5.41) is 9.33. The van der Waals surface area contributed by atoms with Crippen molar-refractivity contribution in [1.82, 2.24) is 4.98 Å². The number of nitrogens with zero attached hydrogens (tertiary/aromatic N) is 3. The molecule has 3 rings (SSSR count). The highest BCUT2D eigenvalue weighted by atomic mass is 32.1. The SMILES string of the molecule is Nc1nc(-c2ccccc2)c(N=Nc2ccc(F)cc2)s1. The number of aromatic nitrogens is 1. The summed E-state index contributed by atoms with van der Waals surface area (Å²) in [4.78, 5) is 4.29. The molecule has 0 aliphatic rings. The molecule has 0 atom stereocenters. The van der Waals surface area contributed by atoms with Gasteiger partial charge in [0.15, 0.2) is 10.1 Å². The lowest BCUT2D eigenvalue weighted by Crippen LogP contribution is -1.82. The molecule has 0 spiro atoms. The quantitative estimate of drug-likeness (QED) is 0.695. The van der Waals surface area contributed by atoms with Crippen molar-refractivity contribution in [3.8, 4) is 11.3 Å². The van der Waals surface area contributed by atoms with Crippen LogP contribution in [0.1, 0.15) is 0 Å². The Morgan fingerprint density at radius 1 is 0.952 bits per heavy atom. The summed E-state index contributed by atoms with van der Waals surface area (Å²) >= 11 is 1.26. The summed E-state index contributed by atoms with van der Waals surface area (Å²) in [6, 6.07) is 15.4. The molecule has 4 nitrogen and oxygen atoms in total. The van der Waals surface area contributed by atoms with Crippen LogP contribution in [0.25, 0.3) is 11.3 Å². The highest BCUT2D eigenvalue weighted by Crippen LogP contribution is 2.37. The van der Waals surface area contributed by atoms with Crippen LogP contribution in [0, 0.1) is 5.82 Å². The van der Waals surface area contributed by atoms with Crippen LogP contribution in [0.5, 0.6) is 0 Å². The van der Waals surface area contributed by atoms with Gasteiger partial charge in [-0.3, -0.25) is 0 Å². The second-order valence-corrected chi connectivity index (χ2v) is 5.26. The van der Waals surface area contributed by atoms with Crippen LogP contribution in [0.15, 0.2) is 64.8 Å². The van der Waals surface area contributed by atoms with E-state index in [1.807, 2.05) is 30.3 Å². The van der Waals surface area contributed by atoms with Crippen molar-refractivity contribution in [2.75, 3.05) is 5.73 Å². The molecule has 0 radical (unpaired) electrons. The van der Waals surface area contributed by atoms with Gasteiger partial charge in [-0.25, -0.2) is 9.37 Å². The van der Waals surface area contributed by atoms with Gasteiger partial charge in [0, 0.05) is 5.56 Å². The average Bonchev–Trinajstić information content (AvgIpc) is 2.89. The van der Waals surface area contributed by atoms with E-state index in [-0.39, 0.29) is 5.82 Å². The summed E-state index contributed by atoms with van der Waals surface area (Å²) in [6.07, 6.45) is 0. The third-order valence-electron chi connectivity index (χ3n) is 2.76. The lowest BCUT2D eigenvalue weighted by atomic mass is 10.2. The largest absolute Gasteiger partial charge is 0.375 e. The fraction of sp³-hybridized carbons (Fsp3) is 0. The van der Waals surface area contributed by atoms with Crippen LogP contribution < -0.4 is 5.73 Å². The van der Waals surface area contributed by atoms with Crippen molar-refractivity contribution < 1.29 is 4.39 Å². The summed E-state index contributed by atoms with van der Waals surface area (Å²) in [5.41, 5.74) is 7.96. The molecule has 6 heteroatoms. The zero-order chi connectivity index (χ0) is 14.7. The molecule has 0 aliphatic heterocycles. The van der Waals surface area contributed by atoms with Gasteiger partial charge < -0.3 is 5.73 Å². The van der Waals surface area contributed by atoms with Crippen molar-refractivity contribution in [2.24, 2.45) is 10.2 Å². The molecule has 3 aromatic rings. The zero-order valence-corrected chi connectivity index (χ0v) is 11.7. The number of hydrogen-bond acceptors (Lipinski definition) is 5.